The Morgan fingerprint density at radius 3 is 2.36 bits per heavy atom. The number of para-hydroxylation sites is 2. The smallest absolute Gasteiger partial charge is 0.450 e. The molecule has 3 aromatic carbocycles. The highest BCUT2D eigenvalue weighted by molar-refractivity contribution is 5.93. The van der Waals surface area contributed by atoms with Crippen LogP contribution < -0.4 is 29.7 Å². The number of rotatable bonds is 9. The van der Waals surface area contributed by atoms with Crippen molar-refractivity contribution in [3.8, 4) is 34.1 Å². The van der Waals surface area contributed by atoms with Gasteiger partial charge in [0.1, 0.15) is 17.1 Å². The number of amides is 1. The normalized spacial score (nSPS) is 11.2. The van der Waals surface area contributed by atoms with Crippen LogP contribution in [0.3, 0.4) is 0 Å². The molecule has 0 aliphatic rings. The maximum absolute atomic E-state index is 14.0. The van der Waals surface area contributed by atoms with Crippen LogP contribution in [0.1, 0.15) is 12.7 Å². The highest BCUT2D eigenvalue weighted by Gasteiger charge is 2.39. The number of methoxy groups -OCH3 is 2. The van der Waals surface area contributed by atoms with Crippen molar-refractivity contribution in [1.29, 1.82) is 0 Å². The van der Waals surface area contributed by atoms with Gasteiger partial charge in [0, 0.05) is 6.07 Å². The largest absolute Gasteiger partial charge is 0.493 e. The molecule has 39 heavy (non-hydrogen) atoms. The van der Waals surface area contributed by atoms with Crippen LogP contribution in [0.2, 0.25) is 0 Å². The van der Waals surface area contributed by atoms with Crippen molar-refractivity contribution in [1.82, 2.24) is 0 Å². The number of alkyl halides is 3. The van der Waals surface area contributed by atoms with E-state index in [0.29, 0.717) is 18.0 Å². The fourth-order valence-electron chi connectivity index (χ4n) is 3.90. The molecule has 0 unspecified atom stereocenters. The molecule has 1 N–H and O–H groups in total. The van der Waals surface area contributed by atoms with Gasteiger partial charge in [0.25, 0.3) is 5.91 Å². The summed E-state index contributed by atoms with van der Waals surface area (Å²) in [5, 5.41) is 2.55. The van der Waals surface area contributed by atoms with Gasteiger partial charge in [-0.25, -0.2) is 0 Å². The zero-order valence-electron chi connectivity index (χ0n) is 21.2. The number of ether oxygens (including phenoxy) is 4. The minimum absolute atomic E-state index is 0.0332. The van der Waals surface area contributed by atoms with Crippen LogP contribution in [0.15, 0.2) is 69.9 Å². The van der Waals surface area contributed by atoms with Crippen molar-refractivity contribution in [2.75, 3.05) is 32.8 Å². The Hall–Kier alpha value is -4.67. The summed E-state index contributed by atoms with van der Waals surface area (Å²) in [4.78, 5) is 25.7. The second kappa shape index (κ2) is 11.4. The molecular weight excluding hydrogens is 519 g/mol. The lowest BCUT2D eigenvalue weighted by Gasteiger charge is -2.15. The molecule has 4 aromatic rings. The standard InChI is InChI=1S/C28H24F3NO7/c1-4-37-20-8-6-5-7-19(20)32-24(33)15-38-17-10-11-18-22(14-17)39-27(28(29,30)31)25(26(18)34)16-9-12-21(35-2)23(13-16)36-3/h5-14H,4,15H2,1-3H3,(H,32,33). The molecule has 8 nitrogen and oxygen atoms in total. The Bertz CT molecular complexity index is 1560. The Kier molecular flexibility index (Phi) is 7.99. The van der Waals surface area contributed by atoms with E-state index in [1.807, 2.05) is 0 Å². The first-order valence-corrected chi connectivity index (χ1v) is 11.7. The van der Waals surface area contributed by atoms with E-state index in [2.05, 4.69) is 5.32 Å². The first kappa shape index (κ1) is 27.4. The van der Waals surface area contributed by atoms with Crippen LogP contribution in [-0.2, 0) is 11.0 Å². The van der Waals surface area contributed by atoms with E-state index in [0.717, 1.165) is 6.07 Å². The lowest BCUT2D eigenvalue weighted by molar-refractivity contribution is -0.152. The average Bonchev–Trinajstić information content (AvgIpc) is 2.92. The molecule has 0 saturated heterocycles. The fraction of sp³-hybridized carbons (Fsp3) is 0.214. The molecule has 1 heterocycles. The molecule has 0 aliphatic heterocycles. The number of nitrogens with one attached hydrogen (secondary N) is 1. The predicted octanol–water partition coefficient (Wildman–Crippen LogP) is 5.91. The van der Waals surface area contributed by atoms with Crippen molar-refractivity contribution in [3.05, 3.63) is 76.6 Å². The van der Waals surface area contributed by atoms with E-state index in [-0.39, 0.29) is 33.8 Å². The van der Waals surface area contributed by atoms with Crippen LogP contribution in [0.4, 0.5) is 18.9 Å². The van der Waals surface area contributed by atoms with Gasteiger partial charge in [-0.1, -0.05) is 18.2 Å². The quantitative estimate of drug-likeness (QED) is 0.280. The van der Waals surface area contributed by atoms with Gasteiger partial charge in [-0.15, -0.1) is 0 Å². The van der Waals surface area contributed by atoms with Gasteiger partial charge in [0.15, 0.2) is 18.1 Å². The second-order valence-electron chi connectivity index (χ2n) is 8.13. The molecule has 204 valence electrons. The molecule has 0 fully saturated rings. The molecule has 4 rings (SSSR count). The first-order chi connectivity index (χ1) is 18.7. The number of halogens is 3. The molecule has 1 amide bonds. The summed E-state index contributed by atoms with van der Waals surface area (Å²) in [7, 11) is 2.71. The number of anilines is 1. The van der Waals surface area contributed by atoms with E-state index in [1.165, 1.54) is 44.6 Å². The lowest BCUT2D eigenvalue weighted by Crippen LogP contribution is -2.20. The summed E-state index contributed by atoms with van der Waals surface area (Å²) < 4.78 is 68.5. The van der Waals surface area contributed by atoms with Crippen molar-refractivity contribution in [3.63, 3.8) is 0 Å². The van der Waals surface area contributed by atoms with E-state index in [1.54, 1.807) is 31.2 Å². The van der Waals surface area contributed by atoms with Gasteiger partial charge in [-0.3, -0.25) is 9.59 Å². The van der Waals surface area contributed by atoms with Crippen molar-refractivity contribution < 1.29 is 41.3 Å². The molecule has 0 aliphatic carbocycles. The van der Waals surface area contributed by atoms with Crippen LogP contribution in [0.25, 0.3) is 22.1 Å². The van der Waals surface area contributed by atoms with Crippen LogP contribution in [0.5, 0.6) is 23.0 Å². The molecule has 1 aromatic heterocycles. The van der Waals surface area contributed by atoms with Crippen molar-refractivity contribution in [2.45, 2.75) is 13.1 Å². The van der Waals surface area contributed by atoms with E-state index in [9.17, 15) is 22.8 Å². The summed E-state index contributed by atoms with van der Waals surface area (Å²) in [5.74, 6) is -1.06. The Morgan fingerprint density at radius 1 is 0.923 bits per heavy atom. The van der Waals surface area contributed by atoms with Gasteiger partial charge in [-0.05, 0) is 48.9 Å². The SMILES string of the molecule is CCOc1ccccc1NC(=O)COc1ccc2c(=O)c(-c3ccc(OC)c(OC)c3)c(C(F)(F)F)oc2c1. The van der Waals surface area contributed by atoms with Gasteiger partial charge in [0.05, 0.1) is 37.5 Å². The third kappa shape index (κ3) is 5.92. The topological polar surface area (TPSA) is 96.2 Å². The number of carbonyl (C=O) groups excluding carboxylic acids is 1. The highest BCUT2D eigenvalue weighted by atomic mass is 19.4. The minimum atomic E-state index is -4.99. The molecule has 0 atom stereocenters. The average molecular weight is 543 g/mol. The molecule has 0 spiro atoms. The fourth-order valence-corrected chi connectivity index (χ4v) is 3.90. The van der Waals surface area contributed by atoms with Crippen molar-refractivity contribution >= 4 is 22.6 Å². The molecule has 0 bridgehead atoms. The van der Waals surface area contributed by atoms with E-state index in [4.69, 9.17) is 23.4 Å². The molecular formula is C28H24F3NO7. The zero-order valence-corrected chi connectivity index (χ0v) is 21.2. The Balaban J connectivity index is 1.65. The monoisotopic (exact) mass is 543 g/mol. The lowest BCUT2D eigenvalue weighted by atomic mass is 10.0. The third-order valence-corrected chi connectivity index (χ3v) is 5.62. The van der Waals surface area contributed by atoms with Gasteiger partial charge in [0.2, 0.25) is 11.2 Å². The van der Waals surface area contributed by atoms with Crippen LogP contribution >= 0.6 is 0 Å². The van der Waals surface area contributed by atoms with Crippen molar-refractivity contribution in [2.24, 2.45) is 0 Å². The van der Waals surface area contributed by atoms with Crippen LogP contribution in [-0.4, -0.2) is 33.3 Å². The maximum Gasteiger partial charge on any atom is 0.450 e. The molecule has 0 saturated carbocycles. The minimum Gasteiger partial charge on any atom is -0.493 e. The van der Waals surface area contributed by atoms with Gasteiger partial charge < -0.3 is 28.7 Å². The zero-order chi connectivity index (χ0) is 28.2. The number of hydrogen-bond acceptors (Lipinski definition) is 7. The number of hydrogen-bond donors (Lipinski definition) is 1. The van der Waals surface area contributed by atoms with E-state index < -0.39 is 35.4 Å². The Morgan fingerprint density at radius 2 is 1.67 bits per heavy atom. The Labute approximate surface area is 220 Å². The summed E-state index contributed by atoms with van der Waals surface area (Å²) >= 11 is 0. The number of carbonyl (C=O) groups is 1. The summed E-state index contributed by atoms with van der Waals surface area (Å²) in [6.45, 7) is 1.76. The molecule has 0 radical (unpaired) electrons. The maximum atomic E-state index is 14.0. The van der Waals surface area contributed by atoms with Gasteiger partial charge in [-0.2, -0.15) is 13.2 Å². The van der Waals surface area contributed by atoms with Crippen LogP contribution in [0, 0.1) is 0 Å². The molecule has 11 heteroatoms. The third-order valence-electron chi connectivity index (χ3n) is 5.62. The number of fused-ring (bicyclic) bond motifs is 1. The first-order valence-electron chi connectivity index (χ1n) is 11.7. The number of benzene rings is 3. The summed E-state index contributed by atoms with van der Waals surface area (Å²) in [5.41, 5.74) is -1.53. The highest BCUT2D eigenvalue weighted by Crippen LogP contribution is 2.40. The summed E-state index contributed by atoms with van der Waals surface area (Å²) in [6, 6.07) is 14.6. The predicted molar refractivity (Wildman–Crippen MR) is 138 cm³/mol. The van der Waals surface area contributed by atoms with Gasteiger partial charge >= 0.3 is 6.18 Å². The van der Waals surface area contributed by atoms with E-state index >= 15 is 0 Å². The second-order valence-corrected chi connectivity index (χ2v) is 8.13. The summed E-state index contributed by atoms with van der Waals surface area (Å²) in [6.07, 6.45) is -4.99.